The lowest BCUT2D eigenvalue weighted by Gasteiger charge is -2.11. The van der Waals surface area contributed by atoms with E-state index >= 15 is 0 Å². The normalized spacial score (nSPS) is 11.0. The minimum atomic E-state index is -0.370. The van der Waals surface area contributed by atoms with E-state index in [1.54, 1.807) is 6.07 Å². The van der Waals surface area contributed by atoms with Crippen LogP contribution >= 0.6 is 11.8 Å². The third kappa shape index (κ3) is 3.46. The summed E-state index contributed by atoms with van der Waals surface area (Å²) >= 11 is 1.52. The maximum absolute atomic E-state index is 11.6. The summed E-state index contributed by atoms with van der Waals surface area (Å²) in [4.78, 5) is 11.6. The zero-order chi connectivity index (χ0) is 18.8. The third-order valence-corrected chi connectivity index (χ3v) is 4.82. The number of para-hydroxylation sites is 1. The highest BCUT2D eigenvalue weighted by molar-refractivity contribution is 7.98. The van der Waals surface area contributed by atoms with Gasteiger partial charge in [-0.2, -0.15) is 0 Å². The van der Waals surface area contributed by atoms with Crippen LogP contribution in [0.15, 0.2) is 69.0 Å². The lowest BCUT2D eigenvalue weighted by molar-refractivity contribution is 0.292. The second kappa shape index (κ2) is 7.28. The number of benzene rings is 2. The quantitative estimate of drug-likeness (QED) is 0.386. The zero-order valence-electron chi connectivity index (χ0n) is 14.9. The van der Waals surface area contributed by atoms with E-state index in [4.69, 9.17) is 9.15 Å². The summed E-state index contributed by atoms with van der Waals surface area (Å²) in [5.74, 6) is 1.29. The van der Waals surface area contributed by atoms with Gasteiger partial charge in [-0.3, -0.25) is 4.57 Å². The Morgan fingerprint density at radius 1 is 1.11 bits per heavy atom. The van der Waals surface area contributed by atoms with Crippen LogP contribution < -0.4 is 10.4 Å². The molecule has 0 N–H and O–H groups in total. The van der Waals surface area contributed by atoms with E-state index in [1.165, 1.54) is 17.8 Å². The fourth-order valence-corrected chi connectivity index (χ4v) is 3.42. The van der Waals surface area contributed by atoms with Crippen LogP contribution in [0, 0.1) is 6.92 Å². The smallest absolute Gasteiger partial charge is 0.336 e. The Morgan fingerprint density at radius 3 is 2.70 bits per heavy atom. The molecule has 0 fully saturated rings. The standard InChI is InChI=1S/C20H17N3O3S/c1-13-10-19(24)26-17-11-15(8-9-16(13)17)25-12-18-21-22-20(27-2)23(18)14-6-4-3-5-7-14/h3-11H,12H2,1-2H3. The molecule has 0 unspecified atom stereocenters. The third-order valence-electron chi connectivity index (χ3n) is 4.19. The van der Waals surface area contributed by atoms with Crippen LogP contribution in [-0.2, 0) is 6.61 Å². The summed E-state index contributed by atoms with van der Waals surface area (Å²) < 4.78 is 13.2. The molecule has 2 aromatic carbocycles. The fourth-order valence-electron chi connectivity index (χ4n) is 2.91. The first-order valence-corrected chi connectivity index (χ1v) is 9.59. The van der Waals surface area contributed by atoms with Gasteiger partial charge in [0.05, 0.1) is 0 Å². The van der Waals surface area contributed by atoms with Crippen LogP contribution in [0.4, 0.5) is 0 Å². The molecule has 4 aromatic rings. The largest absolute Gasteiger partial charge is 0.485 e. The number of ether oxygens (including phenoxy) is 1. The molecule has 0 radical (unpaired) electrons. The molecule has 0 amide bonds. The summed E-state index contributed by atoms with van der Waals surface area (Å²) in [7, 11) is 0. The van der Waals surface area contributed by atoms with E-state index in [1.807, 2.05) is 60.2 Å². The van der Waals surface area contributed by atoms with Crippen molar-refractivity contribution in [3.63, 3.8) is 0 Å². The van der Waals surface area contributed by atoms with Gasteiger partial charge in [0.2, 0.25) is 0 Å². The SMILES string of the molecule is CSc1nnc(COc2ccc3c(C)cc(=O)oc3c2)n1-c1ccccc1. The molecule has 0 saturated heterocycles. The fraction of sp³-hybridized carbons (Fsp3) is 0.150. The van der Waals surface area contributed by atoms with Crippen molar-refractivity contribution >= 4 is 22.7 Å². The van der Waals surface area contributed by atoms with Gasteiger partial charge < -0.3 is 9.15 Å². The molecule has 0 saturated carbocycles. The van der Waals surface area contributed by atoms with Crippen molar-refractivity contribution < 1.29 is 9.15 Å². The van der Waals surface area contributed by atoms with Crippen molar-refractivity contribution in [2.75, 3.05) is 6.26 Å². The number of rotatable bonds is 5. The van der Waals surface area contributed by atoms with Crippen molar-refractivity contribution in [2.24, 2.45) is 0 Å². The van der Waals surface area contributed by atoms with Gasteiger partial charge in [-0.05, 0) is 43.0 Å². The predicted octanol–water partition coefficient (Wildman–Crippen LogP) is 3.98. The summed E-state index contributed by atoms with van der Waals surface area (Å²) in [6, 6.07) is 16.9. The number of aromatic nitrogens is 3. The minimum Gasteiger partial charge on any atom is -0.485 e. The summed E-state index contributed by atoms with van der Waals surface area (Å²) in [6.45, 7) is 2.12. The average molecular weight is 379 g/mol. The lowest BCUT2D eigenvalue weighted by atomic mass is 10.1. The first-order valence-electron chi connectivity index (χ1n) is 8.37. The monoisotopic (exact) mass is 379 g/mol. The van der Waals surface area contributed by atoms with Gasteiger partial charge in [-0.25, -0.2) is 4.79 Å². The van der Waals surface area contributed by atoms with Crippen LogP contribution in [0.2, 0.25) is 0 Å². The maximum Gasteiger partial charge on any atom is 0.336 e. The summed E-state index contributed by atoms with van der Waals surface area (Å²) in [5, 5.41) is 10.2. The number of fused-ring (bicyclic) bond motifs is 1. The topological polar surface area (TPSA) is 70.2 Å². The van der Waals surface area contributed by atoms with Gasteiger partial charge in [0, 0.05) is 23.2 Å². The molecular formula is C20H17N3O3S. The number of aryl methyl sites for hydroxylation is 1. The predicted molar refractivity (Wildman–Crippen MR) is 105 cm³/mol. The van der Waals surface area contributed by atoms with Gasteiger partial charge >= 0.3 is 5.63 Å². The molecular weight excluding hydrogens is 362 g/mol. The highest BCUT2D eigenvalue weighted by atomic mass is 32.2. The molecule has 0 bridgehead atoms. The summed E-state index contributed by atoms with van der Waals surface area (Å²) in [5.41, 5.74) is 1.99. The molecule has 0 aliphatic heterocycles. The molecule has 7 heteroatoms. The number of hydrogen-bond acceptors (Lipinski definition) is 6. The van der Waals surface area contributed by atoms with Crippen LogP contribution in [0.5, 0.6) is 5.75 Å². The van der Waals surface area contributed by atoms with E-state index in [-0.39, 0.29) is 12.2 Å². The van der Waals surface area contributed by atoms with E-state index < -0.39 is 0 Å². The molecule has 2 heterocycles. The highest BCUT2D eigenvalue weighted by Crippen LogP contribution is 2.24. The van der Waals surface area contributed by atoms with E-state index in [0.717, 1.165) is 21.8 Å². The van der Waals surface area contributed by atoms with Crippen molar-refractivity contribution in [1.82, 2.24) is 14.8 Å². The van der Waals surface area contributed by atoms with Gasteiger partial charge in [0.1, 0.15) is 17.9 Å². The van der Waals surface area contributed by atoms with E-state index in [9.17, 15) is 4.79 Å². The second-order valence-corrected chi connectivity index (χ2v) is 6.74. The van der Waals surface area contributed by atoms with Crippen LogP contribution in [0.3, 0.4) is 0 Å². The Balaban J connectivity index is 1.64. The Kier molecular flexibility index (Phi) is 4.68. The number of thioether (sulfide) groups is 1. The van der Waals surface area contributed by atoms with Crippen molar-refractivity contribution in [1.29, 1.82) is 0 Å². The van der Waals surface area contributed by atoms with Gasteiger partial charge in [0.25, 0.3) is 0 Å². The van der Waals surface area contributed by atoms with Gasteiger partial charge in [0.15, 0.2) is 11.0 Å². The van der Waals surface area contributed by atoms with E-state index in [2.05, 4.69) is 10.2 Å². The van der Waals surface area contributed by atoms with Crippen molar-refractivity contribution in [2.45, 2.75) is 18.7 Å². The first kappa shape index (κ1) is 17.4. The van der Waals surface area contributed by atoms with Crippen molar-refractivity contribution in [3.05, 3.63) is 76.4 Å². The Bertz CT molecular complexity index is 1150. The first-order chi connectivity index (χ1) is 13.2. The number of nitrogens with zero attached hydrogens (tertiary/aromatic N) is 3. The minimum absolute atomic E-state index is 0.240. The Labute approximate surface area is 159 Å². The highest BCUT2D eigenvalue weighted by Gasteiger charge is 2.14. The van der Waals surface area contributed by atoms with Crippen molar-refractivity contribution in [3.8, 4) is 11.4 Å². The average Bonchev–Trinajstić information content (AvgIpc) is 3.09. The Morgan fingerprint density at radius 2 is 1.93 bits per heavy atom. The molecule has 2 aromatic heterocycles. The number of hydrogen-bond donors (Lipinski definition) is 0. The maximum atomic E-state index is 11.6. The molecule has 0 spiro atoms. The molecule has 27 heavy (non-hydrogen) atoms. The van der Waals surface area contributed by atoms with Gasteiger partial charge in [-0.1, -0.05) is 30.0 Å². The van der Waals surface area contributed by atoms with Crippen LogP contribution in [-0.4, -0.2) is 21.0 Å². The molecule has 136 valence electrons. The lowest BCUT2D eigenvalue weighted by Crippen LogP contribution is -2.06. The zero-order valence-corrected chi connectivity index (χ0v) is 15.7. The second-order valence-electron chi connectivity index (χ2n) is 5.97. The van der Waals surface area contributed by atoms with E-state index in [0.29, 0.717) is 17.2 Å². The molecule has 0 aliphatic rings. The summed E-state index contributed by atoms with van der Waals surface area (Å²) in [6.07, 6.45) is 1.96. The van der Waals surface area contributed by atoms with Crippen LogP contribution in [0.1, 0.15) is 11.4 Å². The van der Waals surface area contributed by atoms with Gasteiger partial charge in [-0.15, -0.1) is 10.2 Å². The molecule has 0 atom stereocenters. The Hall–Kier alpha value is -3.06. The molecule has 6 nitrogen and oxygen atoms in total. The molecule has 0 aliphatic carbocycles. The van der Waals surface area contributed by atoms with Crippen LogP contribution in [0.25, 0.3) is 16.7 Å². The molecule has 4 rings (SSSR count).